The predicted octanol–water partition coefficient (Wildman–Crippen LogP) is 2.99. The average molecular weight is 348 g/mol. The normalized spacial score (nSPS) is 17.0. The summed E-state index contributed by atoms with van der Waals surface area (Å²) in [7, 11) is 2.07. The van der Waals surface area contributed by atoms with Crippen molar-refractivity contribution in [2.75, 3.05) is 20.1 Å². The largest absolute Gasteiger partial charge is 0.444 e. The number of carbonyl (C=O) groups excluding carboxylic acids is 1. The molecule has 0 atom stereocenters. The number of rotatable bonds is 2. The molecule has 0 bridgehead atoms. The van der Waals surface area contributed by atoms with Gasteiger partial charge in [0.15, 0.2) is 11.4 Å². The minimum absolute atomic E-state index is 0.0183. The molecular formula is C15H14BrN3O2. The molecule has 2 aromatic rings. The highest BCUT2D eigenvalue weighted by Crippen LogP contribution is 2.31. The fourth-order valence-electron chi connectivity index (χ4n) is 2.67. The molecule has 1 fully saturated rings. The second kappa shape index (κ2) is 5.58. The second-order valence-corrected chi connectivity index (χ2v) is 6.16. The SMILES string of the molecule is CN1CCC(C(=O)c2ncc3oc(C#N)cc3c2Br)CC1. The number of carbonyl (C=O) groups is 1. The van der Waals surface area contributed by atoms with Gasteiger partial charge in [0.05, 0.1) is 10.7 Å². The summed E-state index contributed by atoms with van der Waals surface area (Å²) in [6.45, 7) is 1.86. The molecule has 0 aliphatic carbocycles. The number of nitrogens with zero attached hydrogens (tertiary/aromatic N) is 3. The van der Waals surface area contributed by atoms with Crippen LogP contribution in [0.2, 0.25) is 0 Å². The van der Waals surface area contributed by atoms with Crippen molar-refractivity contribution in [3.63, 3.8) is 0 Å². The Labute approximate surface area is 130 Å². The molecule has 3 heterocycles. The van der Waals surface area contributed by atoms with Gasteiger partial charge in [0, 0.05) is 17.4 Å². The maximum atomic E-state index is 12.6. The lowest BCUT2D eigenvalue weighted by Gasteiger charge is -2.27. The molecule has 0 unspecified atom stereocenters. The van der Waals surface area contributed by atoms with E-state index in [-0.39, 0.29) is 17.5 Å². The summed E-state index contributed by atoms with van der Waals surface area (Å²) in [5, 5.41) is 9.61. The van der Waals surface area contributed by atoms with Gasteiger partial charge in [-0.05, 0) is 48.9 Å². The van der Waals surface area contributed by atoms with Crippen LogP contribution in [0.15, 0.2) is 21.2 Å². The van der Waals surface area contributed by atoms with Gasteiger partial charge in [0.1, 0.15) is 11.8 Å². The minimum atomic E-state index is 0.0183. The molecule has 2 aromatic heterocycles. The number of aromatic nitrogens is 1. The zero-order valence-corrected chi connectivity index (χ0v) is 13.2. The standard InChI is InChI=1S/C15H14BrN3O2/c1-19-4-2-9(3-5-19)15(20)14-13(16)11-6-10(7-17)21-12(11)8-18-14/h6,8-9H,2-5H2,1H3. The van der Waals surface area contributed by atoms with Gasteiger partial charge >= 0.3 is 0 Å². The van der Waals surface area contributed by atoms with E-state index in [1.54, 1.807) is 6.07 Å². The Morgan fingerprint density at radius 3 is 2.90 bits per heavy atom. The highest BCUT2D eigenvalue weighted by atomic mass is 79.9. The summed E-state index contributed by atoms with van der Waals surface area (Å²) in [6, 6.07) is 3.59. The van der Waals surface area contributed by atoms with Crippen molar-refractivity contribution < 1.29 is 9.21 Å². The zero-order valence-electron chi connectivity index (χ0n) is 11.6. The van der Waals surface area contributed by atoms with Crippen LogP contribution in [0.5, 0.6) is 0 Å². The number of furan rings is 1. The maximum absolute atomic E-state index is 12.6. The lowest BCUT2D eigenvalue weighted by molar-refractivity contribution is 0.0851. The van der Waals surface area contributed by atoms with Crippen molar-refractivity contribution in [2.45, 2.75) is 12.8 Å². The summed E-state index contributed by atoms with van der Waals surface area (Å²) in [5.41, 5.74) is 0.945. The van der Waals surface area contributed by atoms with Crippen LogP contribution >= 0.6 is 15.9 Å². The molecule has 6 heteroatoms. The fraction of sp³-hybridized carbons (Fsp3) is 0.400. The first-order valence-corrected chi connectivity index (χ1v) is 7.60. The molecule has 108 valence electrons. The lowest BCUT2D eigenvalue weighted by Crippen LogP contribution is -2.33. The molecular weight excluding hydrogens is 334 g/mol. The monoisotopic (exact) mass is 347 g/mol. The zero-order chi connectivity index (χ0) is 15.0. The Balaban J connectivity index is 1.95. The number of fused-ring (bicyclic) bond motifs is 1. The fourth-order valence-corrected chi connectivity index (χ4v) is 3.28. The number of ketones is 1. The van der Waals surface area contributed by atoms with Crippen LogP contribution in [-0.4, -0.2) is 35.8 Å². The Morgan fingerprint density at radius 2 is 2.24 bits per heavy atom. The minimum Gasteiger partial charge on any atom is -0.444 e. The molecule has 1 saturated heterocycles. The summed E-state index contributed by atoms with van der Waals surface area (Å²) in [4.78, 5) is 19.1. The number of hydrogen-bond acceptors (Lipinski definition) is 5. The van der Waals surface area contributed by atoms with Crippen LogP contribution in [0.1, 0.15) is 29.1 Å². The summed E-state index contributed by atoms with van der Waals surface area (Å²) in [5.74, 6) is 0.303. The molecule has 0 aromatic carbocycles. The topological polar surface area (TPSA) is 70.1 Å². The van der Waals surface area contributed by atoms with E-state index < -0.39 is 0 Å². The number of likely N-dealkylation sites (tertiary alicyclic amines) is 1. The molecule has 0 amide bonds. The van der Waals surface area contributed by atoms with Crippen LogP contribution in [0.25, 0.3) is 11.0 Å². The second-order valence-electron chi connectivity index (χ2n) is 5.36. The lowest BCUT2D eigenvalue weighted by atomic mass is 9.91. The van der Waals surface area contributed by atoms with E-state index in [1.807, 2.05) is 6.07 Å². The molecule has 1 aliphatic rings. The third kappa shape index (κ3) is 2.59. The number of nitriles is 1. The van der Waals surface area contributed by atoms with Gasteiger partial charge < -0.3 is 9.32 Å². The third-order valence-corrected chi connectivity index (χ3v) is 4.75. The van der Waals surface area contributed by atoms with Crippen molar-refractivity contribution in [1.82, 2.24) is 9.88 Å². The van der Waals surface area contributed by atoms with Crippen LogP contribution in [-0.2, 0) is 0 Å². The van der Waals surface area contributed by atoms with E-state index in [9.17, 15) is 4.79 Å². The Morgan fingerprint density at radius 1 is 1.52 bits per heavy atom. The molecule has 0 saturated carbocycles. The van der Waals surface area contributed by atoms with Crippen molar-refractivity contribution in [2.24, 2.45) is 5.92 Å². The van der Waals surface area contributed by atoms with Gasteiger partial charge in [-0.1, -0.05) is 0 Å². The Bertz CT molecular complexity index is 739. The van der Waals surface area contributed by atoms with Crippen LogP contribution in [0.3, 0.4) is 0 Å². The molecule has 0 radical (unpaired) electrons. The highest BCUT2D eigenvalue weighted by Gasteiger charge is 2.27. The van der Waals surface area contributed by atoms with E-state index >= 15 is 0 Å². The van der Waals surface area contributed by atoms with Gasteiger partial charge in [0.2, 0.25) is 5.76 Å². The molecule has 1 aliphatic heterocycles. The van der Waals surface area contributed by atoms with E-state index in [0.29, 0.717) is 15.7 Å². The van der Waals surface area contributed by atoms with Crippen LogP contribution in [0, 0.1) is 17.2 Å². The van der Waals surface area contributed by atoms with Gasteiger partial charge in [-0.25, -0.2) is 4.98 Å². The van der Waals surface area contributed by atoms with Crippen LogP contribution < -0.4 is 0 Å². The number of Topliss-reactive ketones (excluding diaryl/α,β-unsaturated/α-hetero) is 1. The van der Waals surface area contributed by atoms with Crippen molar-refractivity contribution in [3.8, 4) is 6.07 Å². The summed E-state index contributed by atoms with van der Waals surface area (Å²) >= 11 is 3.44. The van der Waals surface area contributed by atoms with Gasteiger partial charge in [-0.15, -0.1) is 0 Å². The highest BCUT2D eigenvalue weighted by molar-refractivity contribution is 9.10. The number of halogens is 1. The van der Waals surface area contributed by atoms with Crippen molar-refractivity contribution in [1.29, 1.82) is 5.26 Å². The average Bonchev–Trinajstić information content (AvgIpc) is 2.92. The maximum Gasteiger partial charge on any atom is 0.204 e. The van der Waals surface area contributed by atoms with E-state index in [1.165, 1.54) is 6.20 Å². The molecule has 5 nitrogen and oxygen atoms in total. The van der Waals surface area contributed by atoms with E-state index in [0.717, 1.165) is 31.3 Å². The summed E-state index contributed by atoms with van der Waals surface area (Å²) in [6.07, 6.45) is 3.23. The first-order valence-electron chi connectivity index (χ1n) is 6.81. The molecule has 21 heavy (non-hydrogen) atoms. The molecule has 0 spiro atoms. The number of piperidine rings is 1. The van der Waals surface area contributed by atoms with E-state index in [2.05, 4.69) is 32.9 Å². The number of pyridine rings is 1. The van der Waals surface area contributed by atoms with Crippen molar-refractivity contribution in [3.05, 3.63) is 28.2 Å². The Kier molecular flexibility index (Phi) is 3.79. The first kappa shape index (κ1) is 14.2. The summed E-state index contributed by atoms with van der Waals surface area (Å²) < 4.78 is 5.94. The van der Waals surface area contributed by atoms with E-state index in [4.69, 9.17) is 9.68 Å². The first-order chi connectivity index (χ1) is 10.1. The van der Waals surface area contributed by atoms with Crippen LogP contribution in [0.4, 0.5) is 0 Å². The quantitative estimate of drug-likeness (QED) is 0.781. The Hall–Kier alpha value is -1.71. The smallest absolute Gasteiger partial charge is 0.204 e. The molecule has 3 rings (SSSR count). The molecule has 0 N–H and O–H groups in total. The van der Waals surface area contributed by atoms with Gasteiger partial charge in [-0.3, -0.25) is 4.79 Å². The van der Waals surface area contributed by atoms with Gasteiger partial charge in [-0.2, -0.15) is 5.26 Å². The van der Waals surface area contributed by atoms with Gasteiger partial charge in [0.25, 0.3) is 0 Å². The van der Waals surface area contributed by atoms with Crippen molar-refractivity contribution >= 4 is 32.7 Å². The predicted molar refractivity (Wildman–Crippen MR) is 81.0 cm³/mol. The third-order valence-electron chi connectivity index (χ3n) is 3.95. The number of hydrogen-bond donors (Lipinski definition) is 0.